The number of β-amino-alcohol motifs (C(OH)–C–C–N with tert-alkyl or cyclic N) is 1. The van der Waals surface area contributed by atoms with E-state index < -0.39 is 0 Å². The van der Waals surface area contributed by atoms with E-state index in [4.69, 9.17) is 0 Å². The van der Waals surface area contributed by atoms with Gasteiger partial charge in [-0.25, -0.2) is 0 Å². The first-order valence-corrected chi connectivity index (χ1v) is 7.29. The summed E-state index contributed by atoms with van der Waals surface area (Å²) in [7, 11) is 0. The molecule has 2 rings (SSSR count). The molecule has 0 spiro atoms. The number of nitrogens with zero attached hydrogens (tertiary/aromatic N) is 2. The molecule has 0 aromatic heterocycles. The predicted octanol–water partition coefficient (Wildman–Crippen LogP) is 1.56. The average molecular weight is 240 g/mol. The van der Waals surface area contributed by atoms with Crippen molar-refractivity contribution >= 4 is 0 Å². The van der Waals surface area contributed by atoms with Gasteiger partial charge in [0.15, 0.2) is 0 Å². The molecule has 0 aromatic rings. The molecule has 1 saturated carbocycles. The molecular formula is C14H28N2O. The number of hydrogen-bond donors (Lipinski definition) is 1. The van der Waals surface area contributed by atoms with E-state index in [9.17, 15) is 5.11 Å². The molecule has 3 heteroatoms. The van der Waals surface area contributed by atoms with E-state index in [-0.39, 0.29) is 6.10 Å². The summed E-state index contributed by atoms with van der Waals surface area (Å²) in [6.07, 6.45) is 5.59. The minimum absolute atomic E-state index is 0.196. The highest BCUT2D eigenvalue weighted by Crippen LogP contribution is 2.26. The van der Waals surface area contributed by atoms with Gasteiger partial charge in [0.25, 0.3) is 0 Å². The molecule has 0 aromatic carbocycles. The molecule has 1 heterocycles. The van der Waals surface area contributed by atoms with Gasteiger partial charge >= 0.3 is 0 Å². The topological polar surface area (TPSA) is 26.7 Å². The Morgan fingerprint density at radius 1 is 1.24 bits per heavy atom. The molecule has 1 aliphatic heterocycles. The van der Waals surface area contributed by atoms with Crippen LogP contribution in [0.15, 0.2) is 0 Å². The van der Waals surface area contributed by atoms with Crippen LogP contribution in [0, 0.1) is 5.92 Å². The maximum Gasteiger partial charge on any atom is 0.0639 e. The van der Waals surface area contributed by atoms with E-state index >= 15 is 0 Å². The van der Waals surface area contributed by atoms with E-state index in [2.05, 4.69) is 16.7 Å². The smallest absolute Gasteiger partial charge is 0.0639 e. The standard InChI is InChI=1S/C14H28N2O/c1-12-9-15(11-14-5-3-4-6-14)7-8-16(12)10-13(2)17/h12-14,17H,3-11H2,1-2H3/t12-,13-/m1/s1. The molecule has 2 fully saturated rings. The third-order valence-corrected chi connectivity index (χ3v) is 4.34. The van der Waals surface area contributed by atoms with E-state index in [1.54, 1.807) is 0 Å². The molecular weight excluding hydrogens is 212 g/mol. The molecule has 0 radical (unpaired) electrons. The van der Waals surface area contributed by atoms with Crippen LogP contribution in [0.25, 0.3) is 0 Å². The van der Waals surface area contributed by atoms with Crippen molar-refractivity contribution in [2.45, 2.75) is 51.7 Å². The van der Waals surface area contributed by atoms with Crippen LogP contribution in [0.2, 0.25) is 0 Å². The van der Waals surface area contributed by atoms with Crippen LogP contribution in [0.5, 0.6) is 0 Å². The summed E-state index contributed by atoms with van der Waals surface area (Å²) < 4.78 is 0. The second-order valence-electron chi connectivity index (χ2n) is 6.10. The Balaban J connectivity index is 1.74. The number of hydrogen-bond acceptors (Lipinski definition) is 3. The van der Waals surface area contributed by atoms with Crippen molar-refractivity contribution in [3.63, 3.8) is 0 Å². The Labute approximate surface area is 106 Å². The summed E-state index contributed by atoms with van der Waals surface area (Å²) in [6, 6.07) is 0.597. The molecule has 0 unspecified atom stereocenters. The second-order valence-corrected chi connectivity index (χ2v) is 6.10. The molecule has 1 saturated heterocycles. The highest BCUT2D eigenvalue weighted by molar-refractivity contribution is 4.82. The van der Waals surface area contributed by atoms with E-state index in [0.717, 1.165) is 19.0 Å². The van der Waals surface area contributed by atoms with E-state index in [0.29, 0.717) is 6.04 Å². The number of aliphatic hydroxyl groups excluding tert-OH is 1. The monoisotopic (exact) mass is 240 g/mol. The fourth-order valence-electron chi connectivity index (χ4n) is 3.41. The summed E-state index contributed by atoms with van der Waals surface area (Å²) in [5.74, 6) is 0.963. The number of piperazine rings is 1. The summed E-state index contributed by atoms with van der Waals surface area (Å²) >= 11 is 0. The molecule has 17 heavy (non-hydrogen) atoms. The van der Waals surface area contributed by atoms with Gasteiger partial charge in [-0.3, -0.25) is 4.90 Å². The van der Waals surface area contributed by atoms with Crippen LogP contribution >= 0.6 is 0 Å². The normalized spacial score (nSPS) is 30.9. The van der Waals surface area contributed by atoms with Crippen LogP contribution in [0.1, 0.15) is 39.5 Å². The molecule has 100 valence electrons. The molecule has 1 aliphatic carbocycles. The van der Waals surface area contributed by atoms with Crippen LogP contribution in [-0.2, 0) is 0 Å². The van der Waals surface area contributed by atoms with Gasteiger partial charge in [0.2, 0.25) is 0 Å². The lowest BCUT2D eigenvalue weighted by molar-refractivity contribution is 0.0396. The van der Waals surface area contributed by atoms with Gasteiger partial charge in [0.1, 0.15) is 0 Å². The van der Waals surface area contributed by atoms with Crippen molar-refractivity contribution in [2.75, 3.05) is 32.7 Å². The largest absolute Gasteiger partial charge is 0.392 e. The van der Waals surface area contributed by atoms with Gasteiger partial charge in [-0.2, -0.15) is 0 Å². The molecule has 1 N–H and O–H groups in total. The summed E-state index contributed by atoms with van der Waals surface area (Å²) in [5.41, 5.74) is 0. The molecule has 3 nitrogen and oxygen atoms in total. The average Bonchev–Trinajstić information content (AvgIpc) is 2.74. The van der Waals surface area contributed by atoms with Crippen molar-refractivity contribution in [3.05, 3.63) is 0 Å². The van der Waals surface area contributed by atoms with Gasteiger partial charge in [-0.05, 0) is 32.6 Å². The predicted molar refractivity (Wildman–Crippen MR) is 71.1 cm³/mol. The van der Waals surface area contributed by atoms with Crippen LogP contribution in [0.3, 0.4) is 0 Å². The van der Waals surface area contributed by atoms with Gasteiger partial charge in [-0.15, -0.1) is 0 Å². The fourth-order valence-corrected chi connectivity index (χ4v) is 3.41. The van der Waals surface area contributed by atoms with Crippen molar-refractivity contribution in [2.24, 2.45) is 5.92 Å². The quantitative estimate of drug-likeness (QED) is 0.808. The maximum absolute atomic E-state index is 9.46. The highest BCUT2D eigenvalue weighted by atomic mass is 16.3. The Morgan fingerprint density at radius 3 is 2.53 bits per heavy atom. The Hall–Kier alpha value is -0.120. The Morgan fingerprint density at radius 2 is 1.94 bits per heavy atom. The Bertz CT molecular complexity index is 226. The first kappa shape index (κ1) is 13.3. The minimum atomic E-state index is -0.196. The van der Waals surface area contributed by atoms with Crippen molar-refractivity contribution in [1.29, 1.82) is 0 Å². The van der Waals surface area contributed by atoms with Gasteiger partial charge < -0.3 is 10.0 Å². The Kier molecular flexibility index (Phi) is 4.83. The third-order valence-electron chi connectivity index (χ3n) is 4.34. The maximum atomic E-state index is 9.46. The zero-order chi connectivity index (χ0) is 12.3. The van der Waals surface area contributed by atoms with Crippen LogP contribution in [0.4, 0.5) is 0 Å². The first-order valence-electron chi connectivity index (χ1n) is 7.29. The number of aliphatic hydroxyl groups is 1. The van der Waals surface area contributed by atoms with Gasteiger partial charge in [0, 0.05) is 38.8 Å². The highest BCUT2D eigenvalue weighted by Gasteiger charge is 2.26. The van der Waals surface area contributed by atoms with Crippen LogP contribution < -0.4 is 0 Å². The fraction of sp³-hybridized carbons (Fsp3) is 1.00. The zero-order valence-corrected chi connectivity index (χ0v) is 11.4. The lowest BCUT2D eigenvalue weighted by Gasteiger charge is -2.41. The summed E-state index contributed by atoms with van der Waals surface area (Å²) in [5, 5.41) is 9.46. The summed E-state index contributed by atoms with van der Waals surface area (Å²) in [4.78, 5) is 5.06. The van der Waals surface area contributed by atoms with Crippen molar-refractivity contribution in [3.8, 4) is 0 Å². The second kappa shape index (κ2) is 6.17. The zero-order valence-electron chi connectivity index (χ0n) is 11.4. The number of rotatable bonds is 4. The van der Waals surface area contributed by atoms with Crippen molar-refractivity contribution in [1.82, 2.24) is 9.80 Å². The van der Waals surface area contributed by atoms with Crippen molar-refractivity contribution < 1.29 is 5.11 Å². The van der Waals surface area contributed by atoms with E-state index in [1.165, 1.54) is 45.3 Å². The van der Waals surface area contributed by atoms with E-state index in [1.807, 2.05) is 6.92 Å². The third kappa shape index (κ3) is 3.94. The SMILES string of the molecule is C[C@@H]1CN(CC2CCCC2)CCN1C[C@@H](C)O. The minimum Gasteiger partial charge on any atom is -0.392 e. The molecule has 0 amide bonds. The lowest BCUT2D eigenvalue weighted by Crippen LogP contribution is -2.54. The molecule has 2 atom stereocenters. The summed E-state index contributed by atoms with van der Waals surface area (Å²) in [6.45, 7) is 9.82. The van der Waals surface area contributed by atoms with Crippen LogP contribution in [-0.4, -0.2) is 59.8 Å². The molecule has 0 bridgehead atoms. The first-order chi connectivity index (χ1) is 8.15. The lowest BCUT2D eigenvalue weighted by atomic mass is 10.1. The van der Waals surface area contributed by atoms with Gasteiger partial charge in [-0.1, -0.05) is 12.8 Å². The molecule has 2 aliphatic rings. The van der Waals surface area contributed by atoms with Gasteiger partial charge in [0.05, 0.1) is 6.10 Å².